The molecule has 0 amide bonds. The fraction of sp³-hybridized carbons (Fsp3) is 0.667. The van der Waals surface area contributed by atoms with Crippen LogP contribution >= 0.6 is 11.6 Å². The molecule has 0 heterocycles. The van der Waals surface area contributed by atoms with Crippen LogP contribution in [0.3, 0.4) is 0 Å². The van der Waals surface area contributed by atoms with E-state index in [4.69, 9.17) is 24.9 Å². The lowest BCUT2D eigenvalue weighted by molar-refractivity contribution is -0.147. The highest BCUT2D eigenvalue weighted by molar-refractivity contribution is 6.65. The van der Waals surface area contributed by atoms with Gasteiger partial charge in [0.15, 0.2) is 0 Å². The average Bonchev–Trinajstić information content (AvgIpc) is 2.11. The van der Waals surface area contributed by atoms with E-state index in [-0.39, 0.29) is 11.9 Å². The fourth-order valence-electron chi connectivity index (χ4n) is 1.16. The van der Waals surface area contributed by atoms with Gasteiger partial charge >= 0.3 is 8.80 Å². The van der Waals surface area contributed by atoms with Crippen LogP contribution in [0.4, 0.5) is 0 Å². The summed E-state index contributed by atoms with van der Waals surface area (Å²) in [6.07, 6.45) is 0.404. The first-order valence-electron chi connectivity index (χ1n) is 4.96. The minimum absolute atomic E-state index is 0.120. The zero-order valence-electron chi connectivity index (χ0n) is 9.95. The predicted molar refractivity (Wildman–Crippen MR) is 61.2 cm³/mol. The number of hydrogen-bond acceptors (Lipinski definition) is 6. The van der Waals surface area contributed by atoms with Gasteiger partial charge in [-0.25, -0.2) is 0 Å². The van der Waals surface area contributed by atoms with Crippen LogP contribution in [0, 0.1) is 0 Å². The molecule has 0 aliphatic carbocycles. The van der Waals surface area contributed by atoms with Gasteiger partial charge in [-0.2, -0.15) is 0 Å². The summed E-state index contributed by atoms with van der Waals surface area (Å²) in [5.41, 5.74) is 0. The lowest BCUT2D eigenvalue weighted by Crippen LogP contribution is -2.49. The molecule has 0 N–H and O–H groups in total. The van der Waals surface area contributed by atoms with E-state index >= 15 is 0 Å². The first-order valence-corrected chi connectivity index (χ1v) is 7.42. The van der Waals surface area contributed by atoms with E-state index in [1.165, 1.54) is 0 Å². The molecule has 0 radical (unpaired) electrons. The van der Waals surface area contributed by atoms with E-state index in [1.807, 2.05) is 0 Å². The van der Waals surface area contributed by atoms with Crippen molar-refractivity contribution in [3.63, 3.8) is 0 Å². The Balaban J connectivity index is 4.95. The smallest absolute Gasteiger partial charge is 0.455 e. The Labute approximate surface area is 106 Å². The van der Waals surface area contributed by atoms with Crippen molar-refractivity contribution in [2.45, 2.75) is 33.2 Å². The van der Waals surface area contributed by atoms with Crippen LogP contribution in [0.5, 0.6) is 0 Å². The third kappa shape index (κ3) is 6.95. The third-order valence-electron chi connectivity index (χ3n) is 1.51. The number of rotatable bonds is 6. The van der Waals surface area contributed by atoms with Gasteiger partial charge in [0, 0.05) is 26.7 Å². The normalized spacial score (nSPS) is 10.6. The first kappa shape index (κ1) is 15.9. The van der Waals surface area contributed by atoms with Crippen molar-refractivity contribution in [3.8, 4) is 0 Å². The van der Waals surface area contributed by atoms with Crippen LogP contribution < -0.4 is 0 Å². The molecule has 0 saturated carbocycles. The highest BCUT2D eigenvalue weighted by Crippen LogP contribution is 2.19. The van der Waals surface area contributed by atoms with Crippen LogP contribution in [0.1, 0.15) is 27.2 Å². The Kier molecular flexibility index (Phi) is 6.82. The van der Waals surface area contributed by atoms with Gasteiger partial charge < -0.3 is 13.3 Å². The van der Waals surface area contributed by atoms with Crippen molar-refractivity contribution in [1.82, 2.24) is 0 Å². The van der Waals surface area contributed by atoms with E-state index < -0.39 is 26.7 Å². The van der Waals surface area contributed by atoms with Crippen molar-refractivity contribution < 1.29 is 27.7 Å². The van der Waals surface area contributed by atoms with E-state index in [9.17, 15) is 14.4 Å². The van der Waals surface area contributed by atoms with Gasteiger partial charge in [0.25, 0.3) is 17.9 Å². The molecule has 0 fully saturated rings. The summed E-state index contributed by atoms with van der Waals surface area (Å²) >= 11 is 5.52. The molecule has 0 spiro atoms. The van der Waals surface area contributed by atoms with Crippen molar-refractivity contribution in [1.29, 1.82) is 0 Å². The number of halogens is 1. The summed E-state index contributed by atoms with van der Waals surface area (Å²) in [6, 6.07) is 0.120. The molecule has 0 bridgehead atoms. The lowest BCUT2D eigenvalue weighted by Gasteiger charge is -2.25. The molecule has 6 nitrogen and oxygen atoms in total. The Bertz CT molecular complexity index is 265. The second-order valence-electron chi connectivity index (χ2n) is 3.26. The summed E-state index contributed by atoms with van der Waals surface area (Å²) in [6.45, 7) is 3.44. The average molecular weight is 283 g/mol. The fourth-order valence-corrected chi connectivity index (χ4v) is 3.87. The maximum Gasteiger partial charge on any atom is 0.705 e. The second-order valence-corrected chi connectivity index (χ2v) is 6.11. The second kappa shape index (κ2) is 7.28. The van der Waals surface area contributed by atoms with Gasteiger partial charge in [-0.1, -0.05) is 0 Å². The Hall–Kier alpha value is -1.08. The molecule has 0 aliphatic heterocycles. The minimum atomic E-state index is -3.64. The summed E-state index contributed by atoms with van der Waals surface area (Å²) in [5.74, 6) is -1.74. The molecular weight excluding hydrogens is 268 g/mol. The lowest BCUT2D eigenvalue weighted by atomic mass is 10.6. The van der Waals surface area contributed by atoms with Gasteiger partial charge in [0.1, 0.15) is 0 Å². The zero-order valence-corrected chi connectivity index (χ0v) is 11.7. The van der Waals surface area contributed by atoms with Crippen LogP contribution in [0.2, 0.25) is 6.04 Å². The number of alkyl halides is 1. The molecular formula is C9H15ClO6Si. The topological polar surface area (TPSA) is 78.9 Å². The molecule has 0 aromatic carbocycles. The maximum absolute atomic E-state index is 11.0. The molecule has 17 heavy (non-hydrogen) atoms. The number of carbonyl (C=O) groups excluding carboxylic acids is 3. The number of hydrogen-bond donors (Lipinski definition) is 0. The SMILES string of the molecule is CC(=O)O[Si](CCCCl)(OC(C)=O)OC(C)=O. The van der Waals surface area contributed by atoms with Crippen LogP contribution in [-0.4, -0.2) is 32.6 Å². The summed E-state index contributed by atoms with van der Waals surface area (Å²) < 4.78 is 14.8. The van der Waals surface area contributed by atoms with Crippen LogP contribution in [0.25, 0.3) is 0 Å². The van der Waals surface area contributed by atoms with E-state index in [2.05, 4.69) is 0 Å². The largest absolute Gasteiger partial charge is 0.705 e. The van der Waals surface area contributed by atoms with Crippen molar-refractivity contribution in [2.75, 3.05) is 5.88 Å². The molecule has 0 unspecified atom stereocenters. The molecule has 98 valence electrons. The Morgan fingerprint density at radius 3 is 1.53 bits per heavy atom. The van der Waals surface area contributed by atoms with Crippen molar-refractivity contribution in [3.05, 3.63) is 0 Å². The Morgan fingerprint density at radius 1 is 0.941 bits per heavy atom. The van der Waals surface area contributed by atoms with Crippen molar-refractivity contribution in [2.24, 2.45) is 0 Å². The predicted octanol–water partition coefficient (Wildman–Crippen LogP) is 1.24. The molecule has 0 rings (SSSR count). The maximum atomic E-state index is 11.0. The van der Waals surface area contributed by atoms with E-state index in [0.29, 0.717) is 6.42 Å². The highest BCUT2D eigenvalue weighted by Gasteiger charge is 2.51. The van der Waals surface area contributed by atoms with Crippen LogP contribution in [-0.2, 0) is 27.7 Å². The zero-order chi connectivity index (χ0) is 13.5. The monoisotopic (exact) mass is 282 g/mol. The van der Waals surface area contributed by atoms with E-state index in [1.54, 1.807) is 0 Å². The summed E-state index contributed by atoms with van der Waals surface area (Å²) in [7, 11) is -3.64. The molecule has 0 atom stereocenters. The Morgan fingerprint density at radius 2 is 1.29 bits per heavy atom. The van der Waals surface area contributed by atoms with Gasteiger partial charge in [-0.3, -0.25) is 14.4 Å². The molecule has 8 heteroatoms. The number of carbonyl (C=O) groups is 3. The van der Waals surface area contributed by atoms with Crippen molar-refractivity contribution >= 4 is 38.3 Å². The highest BCUT2D eigenvalue weighted by atomic mass is 35.5. The van der Waals surface area contributed by atoms with Gasteiger partial charge in [-0.05, 0) is 6.42 Å². The summed E-state index contributed by atoms with van der Waals surface area (Å²) in [4.78, 5) is 32.9. The van der Waals surface area contributed by atoms with Gasteiger partial charge in [0.05, 0.1) is 6.04 Å². The van der Waals surface area contributed by atoms with Gasteiger partial charge in [-0.15, -0.1) is 11.6 Å². The van der Waals surface area contributed by atoms with Gasteiger partial charge in [0.2, 0.25) is 0 Å². The summed E-state index contributed by atoms with van der Waals surface area (Å²) in [5, 5.41) is 0. The quantitative estimate of drug-likeness (QED) is 0.539. The van der Waals surface area contributed by atoms with Crippen LogP contribution in [0.15, 0.2) is 0 Å². The molecule has 0 aromatic rings. The first-order chi connectivity index (χ1) is 7.81. The molecule has 0 aromatic heterocycles. The van der Waals surface area contributed by atoms with E-state index in [0.717, 1.165) is 20.8 Å². The molecule has 0 aliphatic rings. The molecule has 0 saturated heterocycles. The minimum Gasteiger partial charge on any atom is -0.455 e. The standard InChI is InChI=1S/C9H15ClO6Si/c1-7(11)14-17(6-4-5-10,15-8(2)12)16-9(3)13/h4-6H2,1-3H3. The third-order valence-corrected chi connectivity index (χ3v) is 4.54.